The van der Waals surface area contributed by atoms with Crippen LogP contribution < -0.4 is 14.4 Å². The van der Waals surface area contributed by atoms with Crippen LogP contribution in [0.5, 0.6) is 17.5 Å². The number of ether oxygens (including phenoxy) is 3. The molecule has 4 aliphatic rings. The van der Waals surface area contributed by atoms with Crippen LogP contribution in [0.25, 0.3) is 32.8 Å². The van der Waals surface area contributed by atoms with E-state index in [4.69, 9.17) is 25.6 Å². The minimum Gasteiger partial charge on any atom is -0.508 e. The summed E-state index contributed by atoms with van der Waals surface area (Å²) in [7, 11) is 0. The SMILES string of the molecule is C#Cc1c(F)ccc2cc(O)cc(-c3c(F)c4c5c(nc(OC[C@@]67CCCN6C[C@H](F)C7)nc5c3F)N3CCCOC[C@H]3CO4)c12. The van der Waals surface area contributed by atoms with Gasteiger partial charge in [0.1, 0.15) is 42.3 Å². The summed E-state index contributed by atoms with van der Waals surface area (Å²) in [5.74, 6) is -0.970. The lowest BCUT2D eigenvalue weighted by Crippen LogP contribution is -2.43. The number of benzene rings is 3. The number of hydrogen-bond donors (Lipinski definition) is 1. The predicted molar refractivity (Wildman–Crippen MR) is 163 cm³/mol. The number of terminal acetylenes is 1. The molecule has 8 nitrogen and oxygen atoms in total. The molecule has 238 valence electrons. The fourth-order valence-electron chi connectivity index (χ4n) is 7.72. The molecule has 3 atom stereocenters. The lowest BCUT2D eigenvalue weighted by atomic mass is 9.92. The molecule has 4 aliphatic heterocycles. The third-order valence-electron chi connectivity index (χ3n) is 9.77. The van der Waals surface area contributed by atoms with Crippen LogP contribution >= 0.6 is 0 Å². The largest absolute Gasteiger partial charge is 0.508 e. The number of hydrogen-bond acceptors (Lipinski definition) is 8. The molecule has 0 spiro atoms. The number of halogens is 4. The Morgan fingerprint density at radius 1 is 1.09 bits per heavy atom. The van der Waals surface area contributed by atoms with Gasteiger partial charge in [0.15, 0.2) is 17.4 Å². The van der Waals surface area contributed by atoms with Gasteiger partial charge in [-0.15, -0.1) is 6.42 Å². The number of nitrogens with zero attached hydrogens (tertiary/aromatic N) is 4. The summed E-state index contributed by atoms with van der Waals surface area (Å²) in [6, 6.07) is 4.47. The van der Waals surface area contributed by atoms with Gasteiger partial charge in [-0.1, -0.05) is 12.0 Å². The summed E-state index contributed by atoms with van der Waals surface area (Å²) in [6.07, 6.45) is 7.30. The highest BCUT2D eigenvalue weighted by Crippen LogP contribution is 2.48. The van der Waals surface area contributed by atoms with Gasteiger partial charge in [0.25, 0.3) is 0 Å². The van der Waals surface area contributed by atoms with Gasteiger partial charge < -0.3 is 24.2 Å². The number of alkyl halides is 1. The molecule has 3 fully saturated rings. The average Bonchev–Trinajstić information content (AvgIpc) is 3.38. The van der Waals surface area contributed by atoms with Crippen molar-refractivity contribution < 1.29 is 36.9 Å². The van der Waals surface area contributed by atoms with Gasteiger partial charge in [-0.3, -0.25) is 4.90 Å². The van der Waals surface area contributed by atoms with Gasteiger partial charge in [0, 0.05) is 37.1 Å². The first kappa shape index (κ1) is 29.1. The van der Waals surface area contributed by atoms with Crippen molar-refractivity contribution in [2.75, 3.05) is 51.0 Å². The molecule has 46 heavy (non-hydrogen) atoms. The standard InChI is InChI=1S/C34H30F4N4O4/c1-2-22-24(36)6-5-18-11-21(43)12-23(25(18)22)26-28(37)30-27-31(29(26)38)45-16-20-15-44-10-4-9-42(20)32(27)40-33(39-30)46-17-34-7-3-8-41(34)14-19(35)13-34/h1,5-6,11-12,19-20,43H,3-4,7-10,13-17H2/t19-,20+,34+/m1/s1. The molecule has 8 rings (SSSR count). The molecule has 1 aromatic heterocycles. The lowest BCUT2D eigenvalue weighted by molar-refractivity contribution is 0.107. The topological polar surface area (TPSA) is 80.2 Å². The van der Waals surface area contributed by atoms with Crippen molar-refractivity contribution in [3.63, 3.8) is 0 Å². The Morgan fingerprint density at radius 2 is 1.96 bits per heavy atom. The number of phenolic OH excluding ortho intramolecular Hbond substituents is 1. The molecule has 0 unspecified atom stereocenters. The van der Waals surface area contributed by atoms with Crippen molar-refractivity contribution in [2.24, 2.45) is 0 Å². The normalized spacial score (nSPS) is 24.3. The lowest BCUT2D eigenvalue weighted by Gasteiger charge is -2.31. The molecule has 3 aromatic carbocycles. The second-order valence-corrected chi connectivity index (χ2v) is 12.5. The smallest absolute Gasteiger partial charge is 0.319 e. The first-order valence-electron chi connectivity index (χ1n) is 15.4. The number of aromatic nitrogens is 2. The van der Waals surface area contributed by atoms with E-state index in [9.17, 15) is 13.9 Å². The van der Waals surface area contributed by atoms with E-state index in [0.29, 0.717) is 32.5 Å². The number of aromatic hydroxyl groups is 1. The van der Waals surface area contributed by atoms with Gasteiger partial charge in [-0.2, -0.15) is 9.97 Å². The minimum atomic E-state index is -1.08. The van der Waals surface area contributed by atoms with E-state index in [1.54, 1.807) is 0 Å². The predicted octanol–water partition coefficient (Wildman–Crippen LogP) is 5.50. The summed E-state index contributed by atoms with van der Waals surface area (Å²) >= 11 is 0. The van der Waals surface area contributed by atoms with Crippen LogP contribution in [0, 0.1) is 29.8 Å². The van der Waals surface area contributed by atoms with Gasteiger partial charge in [0.05, 0.1) is 34.7 Å². The van der Waals surface area contributed by atoms with E-state index in [-0.39, 0.29) is 82.0 Å². The summed E-state index contributed by atoms with van der Waals surface area (Å²) in [6.45, 7) is 2.45. The molecule has 5 heterocycles. The van der Waals surface area contributed by atoms with Crippen LogP contribution in [0.4, 0.5) is 23.4 Å². The molecule has 0 aliphatic carbocycles. The zero-order valence-corrected chi connectivity index (χ0v) is 24.8. The highest BCUT2D eigenvalue weighted by molar-refractivity contribution is 6.06. The zero-order valence-electron chi connectivity index (χ0n) is 24.8. The Labute approximate surface area is 261 Å². The maximum absolute atomic E-state index is 17.0. The fraction of sp³-hybridized carbons (Fsp3) is 0.412. The Morgan fingerprint density at radius 3 is 2.80 bits per heavy atom. The van der Waals surface area contributed by atoms with Crippen molar-refractivity contribution in [3.8, 4) is 41.0 Å². The summed E-state index contributed by atoms with van der Waals surface area (Å²) in [4.78, 5) is 13.1. The third kappa shape index (κ3) is 4.43. The van der Waals surface area contributed by atoms with E-state index in [2.05, 4.69) is 15.8 Å². The first-order valence-corrected chi connectivity index (χ1v) is 15.4. The van der Waals surface area contributed by atoms with Crippen LogP contribution in [0.2, 0.25) is 0 Å². The van der Waals surface area contributed by atoms with Crippen molar-refractivity contribution in [3.05, 3.63) is 47.3 Å². The zero-order chi connectivity index (χ0) is 31.7. The third-order valence-corrected chi connectivity index (χ3v) is 9.77. The maximum atomic E-state index is 17.0. The van der Waals surface area contributed by atoms with Crippen molar-refractivity contribution >= 4 is 27.5 Å². The van der Waals surface area contributed by atoms with Crippen LogP contribution in [0.15, 0.2) is 24.3 Å². The fourth-order valence-corrected chi connectivity index (χ4v) is 7.72. The van der Waals surface area contributed by atoms with Crippen molar-refractivity contribution in [1.82, 2.24) is 14.9 Å². The maximum Gasteiger partial charge on any atom is 0.319 e. The number of fused-ring (bicyclic) bond motifs is 4. The molecule has 3 saturated heterocycles. The van der Waals surface area contributed by atoms with Gasteiger partial charge in [-0.05, 0) is 49.4 Å². The molecule has 0 saturated carbocycles. The van der Waals surface area contributed by atoms with Crippen LogP contribution in [0.3, 0.4) is 0 Å². The molecule has 0 amide bonds. The average molecular weight is 635 g/mol. The Kier molecular flexibility index (Phi) is 6.88. The van der Waals surface area contributed by atoms with E-state index in [1.807, 2.05) is 4.90 Å². The number of rotatable bonds is 4. The monoisotopic (exact) mass is 634 g/mol. The minimum absolute atomic E-state index is 0.00459. The van der Waals surface area contributed by atoms with E-state index < -0.39 is 34.7 Å². The Balaban J connectivity index is 1.36. The summed E-state index contributed by atoms with van der Waals surface area (Å²) in [5, 5.41) is 10.9. The van der Waals surface area contributed by atoms with Gasteiger partial charge in [0.2, 0.25) is 0 Å². The van der Waals surface area contributed by atoms with E-state index in [1.165, 1.54) is 12.1 Å². The Hall–Kier alpha value is -4.34. The molecule has 4 aromatic rings. The van der Waals surface area contributed by atoms with Crippen molar-refractivity contribution in [2.45, 2.75) is 43.4 Å². The second kappa shape index (κ2) is 10.9. The first-order chi connectivity index (χ1) is 22.3. The summed E-state index contributed by atoms with van der Waals surface area (Å²) < 4.78 is 81.2. The van der Waals surface area contributed by atoms with Crippen LogP contribution in [-0.2, 0) is 4.74 Å². The Bertz CT molecular complexity index is 1950. The molecular weight excluding hydrogens is 604 g/mol. The highest BCUT2D eigenvalue weighted by Gasteiger charge is 2.49. The van der Waals surface area contributed by atoms with Gasteiger partial charge >= 0.3 is 6.01 Å². The van der Waals surface area contributed by atoms with Crippen LogP contribution in [-0.4, -0.2) is 83.8 Å². The van der Waals surface area contributed by atoms with Gasteiger partial charge in [-0.25, -0.2) is 17.6 Å². The number of phenols is 1. The quantitative estimate of drug-likeness (QED) is 0.233. The molecule has 0 radical (unpaired) electrons. The van der Waals surface area contributed by atoms with Crippen LogP contribution in [0.1, 0.15) is 31.2 Å². The van der Waals surface area contributed by atoms with E-state index >= 15 is 8.78 Å². The second-order valence-electron chi connectivity index (χ2n) is 12.5. The van der Waals surface area contributed by atoms with Crippen molar-refractivity contribution in [1.29, 1.82) is 0 Å². The number of anilines is 1. The molecular formula is C34H30F4N4O4. The molecule has 1 N–H and O–H groups in total. The molecule has 0 bridgehead atoms. The highest BCUT2D eigenvalue weighted by atomic mass is 19.1. The molecule has 12 heteroatoms. The summed E-state index contributed by atoms with van der Waals surface area (Å²) in [5.41, 5.74) is -1.75. The van der Waals surface area contributed by atoms with E-state index in [0.717, 1.165) is 31.5 Å².